The van der Waals surface area contributed by atoms with Crippen LogP contribution in [0.3, 0.4) is 0 Å². The van der Waals surface area contributed by atoms with Gasteiger partial charge in [0.1, 0.15) is 5.78 Å². The number of hydrogen-bond acceptors (Lipinski definition) is 3. The van der Waals surface area contributed by atoms with Crippen LogP contribution in [0.4, 0.5) is 0 Å². The molecule has 4 bridgehead atoms. The number of ketones is 1. The number of hydrogen-bond donors (Lipinski definition) is 0. The van der Waals surface area contributed by atoms with E-state index in [1.807, 2.05) is 0 Å². The molecule has 0 aromatic rings. The van der Waals surface area contributed by atoms with E-state index in [1.165, 1.54) is 6.42 Å². The summed E-state index contributed by atoms with van der Waals surface area (Å²) in [6.07, 6.45) is 1.20. The van der Waals surface area contributed by atoms with Crippen LogP contribution in [-0.4, -0.2) is 47.4 Å². The lowest BCUT2D eigenvalue weighted by atomic mass is 9.60. The number of piperidine rings is 2. The fourth-order valence-corrected chi connectivity index (χ4v) is 4.83. The van der Waals surface area contributed by atoms with E-state index in [-0.39, 0.29) is 16.5 Å². The third kappa shape index (κ3) is 1.41. The van der Waals surface area contributed by atoms with E-state index in [0.29, 0.717) is 11.7 Å². The molecule has 0 radical (unpaired) electrons. The molecule has 0 aromatic carbocycles. The van der Waals surface area contributed by atoms with Crippen molar-refractivity contribution in [1.29, 1.82) is 0 Å². The van der Waals surface area contributed by atoms with Crippen molar-refractivity contribution in [2.75, 3.05) is 26.2 Å². The van der Waals surface area contributed by atoms with Crippen LogP contribution in [0.5, 0.6) is 0 Å². The zero-order valence-electron chi connectivity index (χ0n) is 12.4. The van der Waals surface area contributed by atoms with Gasteiger partial charge < -0.3 is 0 Å². The van der Waals surface area contributed by atoms with E-state index < -0.39 is 0 Å². The fourth-order valence-electron chi connectivity index (χ4n) is 4.83. The van der Waals surface area contributed by atoms with Crippen molar-refractivity contribution in [3.8, 4) is 0 Å². The smallest absolute Gasteiger partial charge is 0.149 e. The van der Waals surface area contributed by atoms with Gasteiger partial charge in [-0.3, -0.25) is 14.6 Å². The summed E-state index contributed by atoms with van der Waals surface area (Å²) >= 11 is 0. The Morgan fingerprint density at radius 1 is 1.00 bits per heavy atom. The average Bonchev–Trinajstić information content (AvgIpc) is 2.19. The normalized spacial score (nSPS) is 54.4. The van der Waals surface area contributed by atoms with Crippen LogP contribution < -0.4 is 0 Å². The molecule has 4 fully saturated rings. The second-order valence-corrected chi connectivity index (χ2v) is 7.98. The SMILES string of the molecule is CC(C)CC1(C)N2CC3(C)CN1CC(C)(C2)C3=O. The largest absolute Gasteiger partial charge is 0.298 e. The first kappa shape index (κ1) is 12.6. The van der Waals surface area contributed by atoms with Crippen LogP contribution in [0.25, 0.3) is 0 Å². The van der Waals surface area contributed by atoms with Gasteiger partial charge in [0.15, 0.2) is 0 Å². The first-order valence-corrected chi connectivity index (χ1v) is 7.25. The quantitative estimate of drug-likeness (QED) is 0.748. The Hall–Kier alpha value is -0.410. The summed E-state index contributed by atoms with van der Waals surface area (Å²) in [4.78, 5) is 17.8. The second kappa shape index (κ2) is 3.37. The molecule has 4 rings (SSSR count). The maximum Gasteiger partial charge on any atom is 0.149 e. The molecule has 0 N–H and O–H groups in total. The summed E-state index contributed by atoms with van der Waals surface area (Å²) in [5.41, 5.74) is -0.0721. The molecule has 0 aromatic heterocycles. The number of rotatable bonds is 2. The van der Waals surface area contributed by atoms with Crippen molar-refractivity contribution in [1.82, 2.24) is 9.80 Å². The van der Waals surface area contributed by atoms with E-state index in [9.17, 15) is 4.79 Å². The van der Waals surface area contributed by atoms with Crippen LogP contribution >= 0.6 is 0 Å². The Kier molecular flexibility index (Phi) is 2.36. The summed E-state index contributed by atoms with van der Waals surface area (Å²) < 4.78 is 0. The first-order valence-electron chi connectivity index (χ1n) is 7.25. The van der Waals surface area contributed by atoms with Gasteiger partial charge in [-0.05, 0) is 19.3 Å². The Morgan fingerprint density at radius 2 is 1.39 bits per heavy atom. The number of Topliss-reactive ketones (excluding diaryl/α,β-unsaturated/α-hetero) is 1. The first-order chi connectivity index (χ1) is 8.20. The second-order valence-electron chi connectivity index (χ2n) is 7.98. The summed E-state index contributed by atoms with van der Waals surface area (Å²) in [5, 5.41) is 0. The lowest BCUT2D eigenvalue weighted by Crippen LogP contribution is -2.82. The third-order valence-electron chi connectivity index (χ3n) is 5.41. The minimum absolute atomic E-state index is 0.123. The van der Waals surface area contributed by atoms with E-state index in [4.69, 9.17) is 0 Å². The lowest BCUT2D eigenvalue weighted by molar-refractivity contribution is -0.228. The number of nitrogens with zero attached hydrogens (tertiary/aromatic N) is 2. The molecule has 18 heavy (non-hydrogen) atoms. The number of carbonyl (C=O) groups excluding carboxylic acids is 1. The third-order valence-corrected chi connectivity index (χ3v) is 5.41. The van der Waals surface area contributed by atoms with Crippen LogP contribution in [-0.2, 0) is 4.79 Å². The van der Waals surface area contributed by atoms with Crippen LogP contribution in [0, 0.1) is 16.7 Å². The van der Waals surface area contributed by atoms with Crippen molar-refractivity contribution in [3.05, 3.63) is 0 Å². The van der Waals surface area contributed by atoms with Crippen molar-refractivity contribution in [2.24, 2.45) is 16.7 Å². The molecule has 0 unspecified atom stereocenters. The molecule has 0 aliphatic carbocycles. The minimum Gasteiger partial charge on any atom is -0.298 e. The highest BCUT2D eigenvalue weighted by Gasteiger charge is 2.65. The van der Waals surface area contributed by atoms with Gasteiger partial charge in [0, 0.05) is 26.2 Å². The maximum absolute atomic E-state index is 12.6. The maximum atomic E-state index is 12.6. The van der Waals surface area contributed by atoms with Gasteiger partial charge in [0.25, 0.3) is 0 Å². The van der Waals surface area contributed by atoms with Gasteiger partial charge in [0.05, 0.1) is 16.5 Å². The monoisotopic (exact) mass is 250 g/mol. The minimum atomic E-state index is -0.123. The molecule has 4 aliphatic rings. The molecule has 0 spiro atoms. The van der Waals surface area contributed by atoms with Gasteiger partial charge in [0.2, 0.25) is 0 Å². The Balaban J connectivity index is 1.98. The Bertz CT molecular complexity index is 361. The van der Waals surface area contributed by atoms with Gasteiger partial charge in [-0.2, -0.15) is 0 Å². The molecule has 102 valence electrons. The highest BCUT2D eigenvalue weighted by molar-refractivity contribution is 5.92. The molecule has 4 heterocycles. The predicted molar refractivity (Wildman–Crippen MR) is 72.2 cm³/mol. The molecule has 0 saturated carbocycles. The average molecular weight is 250 g/mol. The van der Waals surface area contributed by atoms with Gasteiger partial charge in [-0.15, -0.1) is 0 Å². The van der Waals surface area contributed by atoms with E-state index >= 15 is 0 Å². The molecule has 0 atom stereocenters. The molecular weight excluding hydrogens is 224 g/mol. The fraction of sp³-hybridized carbons (Fsp3) is 0.933. The molecule has 0 amide bonds. The van der Waals surface area contributed by atoms with E-state index in [2.05, 4.69) is 44.4 Å². The molecular formula is C15H26N2O. The summed E-state index contributed by atoms with van der Waals surface area (Å²) in [7, 11) is 0. The summed E-state index contributed by atoms with van der Waals surface area (Å²) in [6.45, 7) is 15.1. The standard InChI is InChI=1S/C15H26N2O/c1-11(2)6-15(5)16-7-13(3)8-17(15)10-14(4,9-16)12(13)18/h11H,6-10H2,1-5H3. The van der Waals surface area contributed by atoms with E-state index in [0.717, 1.165) is 26.2 Å². The molecule has 4 saturated heterocycles. The van der Waals surface area contributed by atoms with Crippen molar-refractivity contribution in [2.45, 2.75) is 46.7 Å². The van der Waals surface area contributed by atoms with Crippen LogP contribution in [0.15, 0.2) is 0 Å². The van der Waals surface area contributed by atoms with Crippen molar-refractivity contribution in [3.63, 3.8) is 0 Å². The topological polar surface area (TPSA) is 23.6 Å². The van der Waals surface area contributed by atoms with Crippen molar-refractivity contribution >= 4 is 5.78 Å². The van der Waals surface area contributed by atoms with Gasteiger partial charge in [-0.25, -0.2) is 0 Å². The zero-order valence-corrected chi connectivity index (χ0v) is 12.4. The van der Waals surface area contributed by atoms with Crippen LogP contribution in [0.1, 0.15) is 41.0 Å². The Labute approximate surface area is 111 Å². The van der Waals surface area contributed by atoms with Crippen LogP contribution in [0.2, 0.25) is 0 Å². The van der Waals surface area contributed by atoms with Gasteiger partial charge >= 0.3 is 0 Å². The molecule has 3 nitrogen and oxygen atoms in total. The van der Waals surface area contributed by atoms with Gasteiger partial charge in [-0.1, -0.05) is 27.7 Å². The summed E-state index contributed by atoms with van der Waals surface area (Å²) in [6, 6.07) is 0. The predicted octanol–water partition coefficient (Wildman–Crippen LogP) is 1.98. The van der Waals surface area contributed by atoms with E-state index in [1.54, 1.807) is 0 Å². The Morgan fingerprint density at radius 3 is 1.72 bits per heavy atom. The highest BCUT2D eigenvalue weighted by Crippen LogP contribution is 2.52. The highest BCUT2D eigenvalue weighted by atomic mass is 16.1. The summed E-state index contributed by atoms with van der Waals surface area (Å²) in [5.74, 6) is 1.21. The lowest BCUT2D eigenvalue weighted by Gasteiger charge is -2.69. The molecule has 3 heteroatoms. The zero-order chi connectivity index (χ0) is 13.3. The molecule has 4 aliphatic heterocycles. The number of carbonyl (C=O) groups is 1. The van der Waals surface area contributed by atoms with Crippen molar-refractivity contribution < 1.29 is 4.79 Å².